The molecule has 2 rings (SSSR count). The highest BCUT2D eigenvalue weighted by Crippen LogP contribution is 2.32. The Morgan fingerprint density at radius 3 is 2.76 bits per heavy atom. The molecule has 2 N–H and O–H groups in total. The molecule has 0 spiro atoms. The van der Waals surface area contributed by atoms with Gasteiger partial charge < -0.3 is 15.2 Å². The van der Waals surface area contributed by atoms with Crippen LogP contribution in [0.1, 0.15) is 44.6 Å². The minimum absolute atomic E-state index is 0.0618. The van der Waals surface area contributed by atoms with Gasteiger partial charge in [-0.1, -0.05) is 31.0 Å². The normalized spacial score (nSPS) is 16.7. The predicted octanol–water partition coefficient (Wildman–Crippen LogP) is 2.44. The third kappa shape index (κ3) is 4.74. The first kappa shape index (κ1) is 15.8. The van der Waals surface area contributed by atoms with Crippen LogP contribution in [-0.4, -0.2) is 29.8 Å². The van der Waals surface area contributed by atoms with Crippen LogP contribution in [0.3, 0.4) is 0 Å². The van der Waals surface area contributed by atoms with Gasteiger partial charge >= 0.3 is 0 Å². The molecule has 116 valence electrons. The van der Waals surface area contributed by atoms with Crippen LogP contribution in [0.5, 0.6) is 5.75 Å². The lowest BCUT2D eigenvalue weighted by atomic mass is 9.97. The Balaban J connectivity index is 1.77. The molecule has 1 fully saturated rings. The molecule has 1 saturated carbocycles. The van der Waals surface area contributed by atoms with E-state index in [1.54, 1.807) is 0 Å². The highest BCUT2D eigenvalue weighted by Gasteiger charge is 2.33. The zero-order valence-corrected chi connectivity index (χ0v) is 12.7. The van der Waals surface area contributed by atoms with Crippen molar-refractivity contribution in [2.75, 3.05) is 13.2 Å². The molecule has 1 aliphatic carbocycles. The third-order valence-electron chi connectivity index (χ3n) is 4.01. The standard InChI is InChI=1S/C17H25NO3/c1-2-21-15-8-4-3-7-14(15)9-12-18-16(19)13-17(20)10-5-6-11-17/h3-4,7-8,20H,2,5-6,9-13H2,1H3,(H,18,19). The predicted molar refractivity (Wildman–Crippen MR) is 82.4 cm³/mol. The molecule has 0 saturated heterocycles. The summed E-state index contributed by atoms with van der Waals surface area (Å²) < 4.78 is 5.57. The fourth-order valence-corrected chi connectivity index (χ4v) is 2.91. The van der Waals surface area contributed by atoms with Gasteiger partial charge in [0.05, 0.1) is 18.6 Å². The van der Waals surface area contributed by atoms with Crippen LogP contribution in [0.25, 0.3) is 0 Å². The van der Waals surface area contributed by atoms with Crippen LogP contribution >= 0.6 is 0 Å². The number of carbonyl (C=O) groups excluding carboxylic acids is 1. The maximum Gasteiger partial charge on any atom is 0.222 e. The fourth-order valence-electron chi connectivity index (χ4n) is 2.91. The van der Waals surface area contributed by atoms with E-state index >= 15 is 0 Å². The number of ether oxygens (including phenoxy) is 1. The molecular formula is C17H25NO3. The van der Waals surface area contributed by atoms with E-state index in [9.17, 15) is 9.90 Å². The Morgan fingerprint density at radius 2 is 2.05 bits per heavy atom. The minimum atomic E-state index is -0.771. The first-order valence-corrected chi connectivity index (χ1v) is 7.83. The largest absolute Gasteiger partial charge is 0.494 e. The highest BCUT2D eigenvalue weighted by molar-refractivity contribution is 5.77. The maximum atomic E-state index is 11.9. The van der Waals surface area contributed by atoms with Crippen LogP contribution in [0.4, 0.5) is 0 Å². The van der Waals surface area contributed by atoms with Crippen LogP contribution in [0.2, 0.25) is 0 Å². The second kappa shape index (κ2) is 7.46. The van der Waals surface area contributed by atoms with Gasteiger partial charge in [0.1, 0.15) is 5.75 Å². The molecule has 4 heteroatoms. The van der Waals surface area contributed by atoms with Gasteiger partial charge in [0.2, 0.25) is 5.91 Å². The van der Waals surface area contributed by atoms with E-state index in [4.69, 9.17) is 4.74 Å². The summed E-state index contributed by atoms with van der Waals surface area (Å²) >= 11 is 0. The molecular weight excluding hydrogens is 266 g/mol. The number of amides is 1. The van der Waals surface area contributed by atoms with Crippen LogP contribution in [0, 0.1) is 0 Å². The molecule has 1 aromatic carbocycles. The molecule has 0 bridgehead atoms. The van der Waals surface area contributed by atoms with Crippen molar-refractivity contribution in [3.05, 3.63) is 29.8 Å². The van der Waals surface area contributed by atoms with Gasteiger partial charge in [0, 0.05) is 6.54 Å². The summed E-state index contributed by atoms with van der Waals surface area (Å²) in [4.78, 5) is 11.9. The second-order valence-corrected chi connectivity index (χ2v) is 5.75. The van der Waals surface area contributed by atoms with Crippen molar-refractivity contribution in [1.29, 1.82) is 0 Å². The van der Waals surface area contributed by atoms with Crippen LogP contribution in [0.15, 0.2) is 24.3 Å². The molecule has 1 aromatic rings. The van der Waals surface area contributed by atoms with Crippen molar-refractivity contribution < 1.29 is 14.6 Å². The zero-order chi connectivity index (χ0) is 15.1. The smallest absolute Gasteiger partial charge is 0.222 e. The van der Waals surface area contributed by atoms with Gasteiger partial charge in [-0.3, -0.25) is 4.79 Å². The first-order chi connectivity index (χ1) is 10.1. The van der Waals surface area contributed by atoms with Gasteiger partial charge in [-0.25, -0.2) is 0 Å². The summed E-state index contributed by atoms with van der Waals surface area (Å²) in [6.07, 6.45) is 4.48. The van der Waals surface area contributed by atoms with Crippen molar-refractivity contribution in [1.82, 2.24) is 5.32 Å². The topological polar surface area (TPSA) is 58.6 Å². The Labute approximate surface area is 126 Å². The number of aliphatic hydroxyl groups is 1. The van der Waals surface area contributed by atoms with E-state index in [-0.39, 0.29) is 12.3 Å². The number of benzene rings is 1. The summed E-state index contributed by atoms with van der Waals surface area (Å²) in [5, 5.41) is 13.1. The van der Waals surface area contributed by atoms with Gasteiger partial charge in [-0.2, -0.15) is 0 Å². The van der Waals surface area contributed by atoms with Crippen molar-refractivity contribution in [2.45, 2.75) is 51.0 Å². The molecule has 0 radical (unpaired) electrons. The molecule has 0 unspecified atom stereocenters. The molecule has 4 nitrogen and oxygen atoms in total. The highest BCUT2D eigenvalue weighted by atomic mass is 16.5. The van der Waals surface area contributed by atoms with E-state index in [1.807, 2.05) is 31.2 Å². The molecule has 0 aliphatic heterocycles. The first-order valence-electron chi connectivity index (χ1n) is 7.83. The number of rotatable bonds is 7. The molecule has 21 heavy (non-hydrogen) atoms. The lowest BCUT2D eigenvalue weighted by Crippen LogP contribution is -2.35. The van der Waals surface area contributed by atoms with Crippen molar-refractivity contribution in [3.8, 4) is 5.75 Å². The Bertz CT molecular complexity index is 467. The fraction of sp³-hybridized carbons (Fsp3) is 0.588. The Morgan fingerprint density at radius 1 is 1.33 bits per heavy atom. The second-order valence-electron chi connectivity index (χ2n) is 5.75. The minimum Gasteiger partial charge on any atom is -0.494 e. The average Bonchev–Trinajstić information content (AvgIpc) is 2.87. The van der Waals surface area contributed by atoms with Crippen LogP contribution < -0.4 is 10.1 Å². The van der Waals surface area contributed by atoms with Crippen molar-refractivity contribution in [3.63, 3.8) is 0 Å². The maximum absolute atomic E-state index is 11.9. The summed E-state index contributed by atoms with van der Waals surface area (Å²) in [7, 11) is 0. The zero-order valence-electron chi connectivity index (χ0n) is 12.7. The number of para-hydroxylation sites is 1. The number of hydrogen-bond acceptors (Lipinski definition) is 3. The van der Waals surface area contributed by atoms with E-state index in [0.717, 1.165) is 43.4 Å². The molecule has 0 heterocycles. The molecule has 1 amide bonds. The average molecular weight is 291 g/mol. The lowest BCUT2D eigenvalue weighted by molar-refractivity contribution is -0.125. The molecule has 0 aromatic heterocycles. The van der Waals surface area contributed by atoms with Crippen LogP contribution in [-0.2, 0) is 11.2 Å². The number of nitrogens with one attached hydrogen (secondary N) is 1. The van der Waals surface area contributed by atoms with Gasteiger partial charge in [0.25, 0.3) is 0 Å². The molecule has 0 atom stereocenters. The summed E-state index contributed by atoms with van der Waals surface area (Å²) in [5.41, 5.74) is 0.326. The summed E-state index contributed by atoms with van der Waals surface area (Å²) in [5.74, 6) is 0.817. The van der Waals surface area contributed by atoms with Gasteiger partial charge in [0.15, 0.2) is 0 Å². The monoisotopic (exact) mass is 291 g/mol. The lowest BCUT2D eigenvalue weighted by Gasteiger charge is -2.21. The molecule has 1 aliphatic rings. The summed E-state index contributed by atoms with van der Waals surface area (Å²) in [6, 6.07) is 7.88. The van der Waals surface area contributed by atoms with Gasteiger partial charge in [-0.05, 0) is 37.8 Å². The van der Waals surface area contributed by atoms with E-state index in [2.05, 4.69) is 5.32 Å². The number of hydrogen-bond donors (Lipinski definition) is 2. The Kier molecular flexibility index (Phi) is 5.62. The SMILES string of the molecule is CCOc1ccccc1CCNC(=O)CC1(O)CCCC1. The van der Waals surface area contributed by atoms with Crippen molar-refractivity contribution in [2.24, 2.45) is 0 Å². The van der Waals surface area contributed by atoms with E-state index in [1.165, 1.54) is 0 Å². The van der Waals surface area contributed by atoms with E-state index in [0.29, 0.717) is 13.2 Å². The van der Waals surface area contributed by atoms with E-state index < -0.39 is 5.60 Å². The van der Waals surface area contributed by atoms with Crippen molar-refractivity contribution >= 4 is 5.91 Å². The number of carbonyl (C=O) groups is 1. The summed E-state index contributed by atoms with van der Waals surface area (Å²) in [6.45, 7) is 3.16. The van der Waals surface area contributed by atoms with Gasteiger partial charge in [-0.15, -0.1) is 0 Å². The quantitative estimate of drug-likeness (QED) is 0.811. The Hall–Kier alpha value is -1.55. The third-order valence-corrected chi connectivity index (χ3v) is 4.01.